The fourth-order valence-electron chi connectivity index (χ4n) is 3.02. The van der Waals surface area contributed by atoms with Crippen LogP contribution in [0.4, 0.5) is 19.1 Å². The molecule has 1 aliphatic heterocycles. The summed E-state index contributed by atoms with van der Waals surface area (Å²) in [5.41, 5.74) is 1.73. The van der Waals surface area contributed by atoms with Gasteiger partial charge in [0.15, 0.2) is 0 Å². The molecule has 1 aliphatic rings. The molecule has 9 heteroatoms. The van der Waals surface area contributed by atoms with Crippen LogP contribution in [0.2, 0.25) is 0 Å². The third-order valence-electron chi connectivity index (χ3n) is 4.31. The van der Waals surface area contributed by atoms with E-state index in [1.54, 1.807) is 6.07 Å². The number of rotatable bonds is 5. The van der Waals surface area contributed by atoms with E-state index in [0.29, 0.717) is 11.6 Å². The highest BCUT2D eigenvalue weighted by molar-refractivity contribution is 5.94. The first-order valence-corrected chi connectivity index (χ1v) is 9.04. The Bertz CT molecular complexity index is 819. The lowest BCUT2D eigenvalue weighted by molar-refractivity contribution is -0.274. The van der Waals surface area contributed by atoms with Crippen LogP contribution in [0.15, 0.2) is 30.3 Å². The number of ether oxygens (including phenoxy) is 1. The van der Waals surface area contributed by atoms with E-state index < -0.39 is 12.3 Å². The fraction of sp³-hybridized carbons (Fsp3) is 0.421. The second kappa shape index (κ2) is 8.45. The van der Waals surface area contributed by atoms with Gasteiger partial charge in [-0.25, -0.2) is 9.97 Å². The van der Waals surface area contributed by atoms with E-state index in [9.17, 15) is 18.0 Å². The second-order valence-corrected chi connectivity index (χ2v) is 6.60. The van der Waals surface area contributed by atoms with E-state index in [-0.39, 0.29) is 17.9 Å². The highest BCUT2D eigenvalue weighted by atomic mass is 19.4. The van der Waals surface area contributed by atoms with Gasteiger partial charge >= 0.3 is 6.36 Å². The summed E-state index contributed by atoms with van der Waals surface area (Å²) in [6.45, 7) is 3.91. The molecule has 2 aromatic rings. The van der Waals surface area contributed by atoms with Crippen molar-refractivity contribution in [1.29, 1.82) is 0 Å². The largest absolute Gasteiger partial charge is 0.573 e. The zero-order valence-corrected chi connectivity index (χ0v) is 15.4. The maximum Gasteiger partial charge on any atom is 0.573 e. The molecule has 1 fully saturated rings. The average Bonchev–Trinajstić information content (AvgIpc) is 2.66. The van der Waals surface area contributed by atoms with Gasteiger partial charge in [-0.2, -0.15) is 0 Å². The van der Waals surface area contributed by atoms with Crippen LogP contribution < -0.4 is 15.0 Å². The monoisotopic (exact) mass is 394 g/mol. The van der Waals surface area contributed by atoms with Gasteiger partial charge in [0.25, 0.3) is 5.91 Å². The normalized spacial score (nSPS) is 14.6. The van der Waals surface area contributed by atoms with Gasteiger partial charge in [-0.15, -0.1) is 13.2 Å². The quantitative estimate of drug-likeness (QED) is 0.839. The van der Waals surface area contributed by atoms with E-state index in [4.69, 9.17) is 0 Å². The van der Waals surface area contributed by atoms with Crippen LogP contribution in [0, 0.1) is 6.92 Å². The summed E-state index contributed by atoms with van der Waals surface area (Å²) in [6.07, 6.45) is -1.34. The molecular weight excluding hydrogens is 373 g/mol. The van der Waals surface area contributed by atoms with Gasteiger partial charge in [0.1, 0.15) is 5.75 Å². The summed E-state index contributed by atoms with van der Waals surface area (Å²) < 4.78 is 40.4. The van der Waals surface area contributed by atoms with Crippen molar-refractivity contribution >= 4 is 11.9 Å². The SMILES string of the molecule is Cc1cc(CNC(=O)c2ccc(OC(F)(F)F)cc2)nc(N2CCCCC2)n1. The number of benzene rings is 1. The first-order chi connectivity index (χ1) is 13.3. The Hall–Kier alpha value is -2.84. The van der Waals surface area contributed by atoms with Crippen molar-refractivity contribution in [2.75, 3.05) is 18.0 Å². The molecule has 0 radical (unpaired) electrons. The molecule has 2 heterocycles. The lowest BCUT2D eigenvalue weighted by Crippen LogP contribution is -2.32. The minimum absolute atomic E-state index is 0.198. The Balaban J connectivity index is 1.62. The van der Waals surface area contributed by atoms with Gasteiger partial charge in [-0.1, -0.05) is 0 Å². The number of piperidine rings is 1. The second-order valence-electron chi connectivity index (χ2n) is 6.60. The number of hydrogen-bond donors (Lipinski definition) is 1. The first-order valence-electron chi connectivity index (χ1n) is 9.04. The molecular formula is C19H21F3N4O2. The molecule has 1 aromatic heterocycles. The smallest absolute Gasteiger partial charge is 0.406 e. The summed E-state index contributed by atoms with van der Waals surface area (Å²) in [4.78, 5) is 23.4. The predicted octanol–water partition coefficient (Wildman–Crippen LogP) is 3.60. The molecule has 150 valence electrons. The van der Waals surface area contributed by atoms with Crippen molar-refractivity contribution in [2.45, 2.75) is 39.1 Å². The van der Waals surface area contributed by atoms with Crippen LogP contribution in [0.3, 0.4) is 0 Å². The summed E-state index contributed by atoms with van der Waals surface area (Å²) in [5.74, 6) is -0.117. The van der Waals surface area contributed by atoms with Crippen LogP contribution in [-0.2, 0) is 6.54 Å². The summed E-state index contributed by atoms with van der Waals surface area (Å²) >= 11 is 0. The van der Waals surface area contributed by atoms with Gasteiger partial charge in [0.2, 0.25) is 5.95 Å². The lowest BCUT2D eigenvalue weighted by atomic mass is 10.1. The number of carbonyl (C=O) groups excluding carboxylic acids is 1. The van der Waals surface area contributed by atoms with Crippen molar-refractivity contribution in [3.8, 4) is 5.75 Å². The lowest BCUT2D eigenvalue weighted by Gasteiger charge is -2.27. The third-order valence-corrected chi connectivity index (χ3v) is 4.31. The van der Waals surface area contributed by atoms with Gasteiger partial charge in [0.05, 0.1) is 12.2 Å². The molecule has 6 nitrogen and oxygen atoms in total. The summed E-state index contributed by atoms with van der Waals surface area (Å²) in [6, 6.07) is 6.56. The molecule has 1 N–H and O–H groups in total. The molecule has 1 amide bonds. The zero-order chi connectivity index (χ0) is 20.1. The number of anilines is 1. The van der Waals surface area contributed by atoms with Crippen LogP contribution in [-0.4, -0.2) is 35.3 Å². The molecule has 0 unspecified atom stereocenters. The topological polar surface area (TPSA) is 67.3 Å². The molecule has 0 aliphatic carbocycles. The number of nitrogens with one attached hydrogen (secondary N) is 1. The minimum atomic E-state index is -4.76. The number of nitrogens with zero attached hydrogens (tertiary/aromatic N) is 3. The number of alkyl halides is 3. The molecule has 3 rings (SSSR count). The van der Waals surface area contributed by atoms with E-state index in [1.165, 1.54) is 18.6 Å². The van der Waals surface area contributed by atoms with Crippen LogP contribution in [0.5, 0.6) is 5.75 Å². The van der Waals surface area contributed by atoms with Gasteiger partial charge in [-0.3, -0.25) is 4.79 Å². The van der Waals surface area contributed by atoms with E-state index >= 15 is 0 Å². The van der Waals surface area contributed by atoms with E-state index in [1.807, 2.05) is 6.92 Å². The fourth-order valence-corrected chi connectivity index (χ4v) is 3.02. The number of amides is 1. The van der Waals surface area contributed by atoms with Crippen molar-refractivity contribution in [3.05, 3.63) is 47.3 Å². The highest BCUT2D eigenvalue weighted by Crippen LogP contribution is 2.22. The Labute approximate surface area is 160 Å². The molecule has 28 heavy (non-hydrogen) atoms. The molecule has 0 saturated carbocycles. The number of carbonyl (C=O) groups is 1. The first kappa shape index (κ1) is 19.9. The summed E-state index contributed by atoms with van der Waals surface area (Å²) in [7, 11) is 0. The van der Waals surface area contributed by atoms with Crippen LogP contribution in [0.1, 0.15) is 41.0 Å². The number of aromatic nitrogens is 2. The molecule has 0 atom stereocenters. The van der Waals surface area contributed by atoms with Crippen molar-refractivity contribution in [1.82, 2.24) is 15.3 Å². The zero-order valence-electron chi connectivity index (χ0n) is 15.4. The average molecular weight is 394 g/mol. The van der Waals surface area contributed by atoms with E-state index in [0.717, 1.165) is 43.8 Å². The van der Waals surface area contributed by atoms with Gasteiger partial charge in [0, 0.05) is 24.3 Å². The van der Waals surface area contributed by atoms with Crippen molar-refractivity contribution in [2.24, 2.45) is 0 Å². The number of hydrogen-bond acceptors (Lipinski definition) is 5. The number of aryl methyl sites for hydroxylation is 1. The molecule has 1 aromatic carbocycles. The van der Waals surface area contributed by atoms with Crippen molar-refractivity contribution < 1.29 is 22.7 Å². The Morgan fingerprint density at radius 3 is 2.46 bits per heavy atom. The highest BCUT2D eigenvalue weighted by Gasteiger charge is 2.31. The molecule has 1 saturated heterocycles. The number of halogens is 3. The Kier molecular flexibility index (Phi) is 6.01. The van der Waals surface area contributed by atoms with E-state index in [2.05, 4.69) is 24.9 Å². The summed E-state index contributed by atoms with van der Waals surface area (Å²) in [5, 5.41) is 2.73. The standard InChI is InChI=1S/C19H21F3N4O2/c1-13-11-15(25-18(24-13)26-9-3-2-4-10-26)12-23-17(27)14-5-7-16(8-6-14)28-19(20,21)22/h5-8,11H,2-4,9-10,12H2,1H3,(H,23,27). The van der Waals surface area contributed by atoms with Gasteiger partial charge in [-0.05, 0) is 56.5 Å². The molecule has 0 spiro atoms. The minimum Gasteiger partial charge on any atom is -0.406 e. The maximum absolute atomic E-state index is 12.3. The Morgan fingerprint density at radius 2 is 1.82 bits per heavy atom. The van der Waals surface area contributed by atoms with Gasteiger partial charge < -0.3 is 15.0 Å². The van der Waals surface area contributed by atoms with Crippen molar-refractivity contribution in [3.63, 3.8) is 0 Å². The van der Waals surface area contributed by atoms with Crippen LogP contribution in [0.25, 0.3) is 0 Å². The Morgan fingerprint density at radius 1 is 1.14 bits per heavy atom. The third kappa shape index (κ3) is 5.58. The maximum atomic E-state index is 12.3. The van der Waals surface area contributed by atoms with Crippen LogP contribution >= 0.6 is 0 Å². The predicted molar refractivity (Wildman–Crippen MR) is 97.1 cm³/mol. The molecule has 0 bridgehead atoms.